The third-order valence-corrected chi connectivity index (χ3v) is 6.43. The van der Waals surface area contributed by atoms with E-state index in [1.54, 1.807) is 78.9 Å². The number of rotatable bonds is 4. The van der Waals surface area contributed by atoms with Crippen LogP contribution in [0.25, 0.3) is 44.7 Å². The van der Waals surface area contributed by atoms with E-state index in [2.05, 4.69) is 10.3 Å². The Morgan fingerprint density at radius 2 is 1.65 bits per heavy atom. The van der Waals surface area contributed by atoms with Crippen LogP contribution in [0.15, 0.2) is 105 Å². The van der Waals surface area contributed by atoms with E-state index in [9.17, 15) is 9.59 Å². The molecule has 0 aliphatic rings. The van der Waals surface area contributed by atoms with Gasteiger partial charge in [0.05, 0.1) is 16.1 Å². The van der Waals surface area contributed by atoms with E-state index in [4.69, 9.17) is 32.0 Å². The van der Waals surface area contributed by atoms with Crippen molar-refractivity contribution in [3.63, 3.8) is 0 Å². The highest BCUT2D eigenvalue weighted by atomic mass is 35.5. The summed E-state index contributed by atoms with van der Waals surface area (Å²) in [5.41, 5.74) is 3.65. The van der Waals surface area contributed by atoms with Crippen molar-refractivity contribution in [2.75, 3.05) is 5.32 Å². The van der Waals surface area contributed by atoms with Crippen molar-refractivity contribution in [3.05, 3.63) is 117 Å². The van der Waals surface area contributed by atoms with Crippen molar-refractivity contribution >= 4 is 56.9 Å². The lowest BCUT2D eigenvalue weighted by Gasteiger charge is -2.07. The Balaban J connectivity index is 1.28. The Labute approximate surface area is 220 Å². The number of carbonyl (C=O) groups excluding carboxylic acids is 1. The Kier molecular flexibility index (Phi) is 5.75. The number of nitrogens with zero attached hydrogens (tertiary/aromatic N) is 1. The van der Waals surface area contributed by atoms with Crippen LogP contribution < -0.4 is 10.9 Å². The van der Waals surface area contributed by atoms with Gasteiger partial charge in [0.2, 0.25) is 5.89 Å². The van der Waals surface area contributed by atoms with Crippen LogP contribution in [0.2, 0.25) is 10.0 Å². The zero-order valence-corrected chi connectivity index (χ0v) is 20.5. The summed E-state index contributed by atoms with van der Waals surface area (Å²) in [6.45, 7) is 0. The van der Waals surface area contributed by atoms with Crippen molar-refractivity contribution < 1.29 is 13.6 Å². The van der Waals surface area contributed by atoms with Gasteiger partial charge in [-0.25, -0.2) is 9.78 Å². The van der Waals surface area contributed by atoms with Gasteiger partial charge in [0.25, 0.3) is 5.91 Å². The molecule has 6 nitrogen and oxygen atoms in total. The van der Waals surface area contributed by atoms with Gasteiger partial charge in [-0.1, -0.05) is 53.5 Å². The monoisotopic (exact) mass is 526 g/mol. The van der Waals surface area contributed by atoms with Gasteiger partial charge >= 0.3 is 5.63 Å². The van der Waals surface area contributed by atoms with E-state index in [1.807, 2.05) is 12.1 Å². The lowest BCUT2D eigenvalue weighted by Crippen LogP contribution is -2.12. The van der Waals surface area contributed by atoms with E-state index in [0.29, 0.717) is 60.6 Å². The quantitative estimate of drug-likeness (QED) is 0.236. The first-order chi connectivity index (χ1) is 17.9. The molecular formula is C29H16Cl2N2O4. The highest BCUT2D eigenvalue weighted by molar-refractivity contribution is 6.36. The van der Waals surface area contributed by atoms with E-state index >= 15 is 0 Å². The maximum absolute atomic E-state index is 13.0. The number of hydrogen-bond donors (Lipinski definition) is 1. The average molecular weight is 527 g/mol. The maximum Gasteiger partial charge on any atom is 0.344 e. The third-order valence-electron chi connectivity index (χ3n) is 5.88. The van der Waals surface area contributed by atoms with E-state index in [0.717, 1.165) is 5.39 Å². The number of para-hydroxylation sites is 1. The van der Waals surface area contributed by atoms with Crippen molar-refractivity contribution in [2.45, 2.75) is 0 Å². The first kappa shape index (κ1) is 23.0. The van der Waals surface area contributed by atoms with Crippen LogP contribution in [0, 0.1) is 0 Å². The third kappa shape index (κ3) is 4.48. The molecule has 4 aromatic carbocycles. The Morgan fingerprint density at radius 1 is 0.784 bits per heavy atom. The summed E-state index contributed by atoms with van der Waals surface area (Å²) < 4.78 is 11.3. The standard InChI is InChI=1S/C29H16Cl2N2O4/c30-19-8-10-21(23(31)14-19)28-33-24-15-20(9-11-26(24)36-28)32-27(34)18-6-3-5-16(12-18)22-13-17-4-1-2-7-25(17)37-29(22)35/h1-15H,(H,32,34). The molecule has 2 aromatic heterocycles. The summed E-state index contributed by atoms with van der Waals surface area (Å²) in [7, 11) is 0. The minimum Gasteiger partial charge on any atom is -0.436 e. The molecular weight excluding hydrogens is 511 g/mol. The van der Waals surface area contributed by atoms with Crippen molar-refractivity contribution in [1.82, 2.24) is 4.98 Å². The highest BCUT2D eigenvalue weighted by Gasteiger charge is 2.15. The highest BCUT2D eigenvalue weighted by Crippen LogP contribution is 2.32. The van der Waals surface area contributed by atoms with Gasteiger partial charge in [-0.05, 0) is 66.2 Å². The molecule has 1 N–H and O–H groups in total. The smallest absolute Gasteiger partial charge is 0.344 e. The fourth-order valence-electron chi connectivity index (χ4n) is 4.08. The van der Waals surface area contributed by atoms with Crippen LogP contribution >= 0.6 is 23.2 Å². The topological polar surface area (TPSA) is 85.3 Å². The predicted molar refractivity (Wildman–Crippen MR) is 145 cm³/mol. The van der Waals surface area contributed by atoms with Gasteiger partial charge in [-0.15, -0.1) is 0 Å². The summed E-state index contributed by atoms with van der Waals surface area (Å²) in [6.07, 6.45) is 0. The zero-order chi connectivity index (χ0) is 25.5. The number of anilines is 1. The fraction of sp³-hybridized carbons (Fsp3) is 0. The number of nitrogens with one attached hydrogen (secondary N) is 1. The second kappa shape index (κ2) is 9.24. The summed E-state index contributed by atoms with van der Waals surface area (Å²) >= 11 is 12.3. The van der Waals surface area contributed by atoms with Crippen LogP contribution in [0.3, 0.4) is 0 Å². The first-order valence-electron chi connectivity index (χ1n) is 11.3. The van der Waals surface area contributed by atoms with E-state index in [-0.39, 0.29) is 5.91 Å². The Bertz CT molecular complexity index is 1890. The number of halogens is 2. The summed E-state index contributed by atoms with van der Waals surface area (Å²) in [5, 5.41) is 4.61. The van der Waals surface area contributed by atoms with Crippen molar-refractivity contribution in [3.8, 4) is 22.6 Å². The molecule has 0 saturated heterocycles. The number of fused-ring (bicyclic) bond motifs is 2. The zero-order valence-electron chi connectivity index (χ0n) is 19.0. The van der Waals surface area contributed by atoms with E-state index < -0.39 is 5.63 Å². The number of amides is 1. The van der Waals surface area contributed by atoms with E-state index in [1.165, 1.54) is 0 Å². The fourth-order valence-corrected chi connectivity index (χ4v) is 4.57. The summed E-state index contributed by atoms with van der Waals surface area (Å²) in [5.74, 6) is 0.0119. The number of oxazole rings is 1. The molecule has 0 aliphatic heterocycles. The van der Waals surface area contributed by atoms with Crippen LogP contribution in [0.1, 0.15) is 10.4 Å². The molecule has 8 heteroatoms. The van der Waals surface area contributed by atoms with Gasteiger partial charge in [-0.2, -0.15) is 0 Å². The molecule has 180 valence electrons. The maximum atomic E-state index is 13.0. The number of benzene rings is 4. The van der Waals surface area contributed by atoms with Crippen molar-refractivity contribution in [1.29, 1.82) is 0 Å². The lowest BCUT2D eigenvalue weighted by molar-refractivity contribution is 0.102. The molecule has 2 heterocycles. The molecule has 0 aliphatic carbocycles. The lowest BCUT2D eigenvalue weighted by atomic mass is 10.0. The largest absolute Gasteiger partial charge is 0.436 e. The molecule has 0 radical (unpaired) electrons. The molecule has 0 spiro atoms. The Hall–Kier alpha value is -4.39. The predicted octanol–water partition coefficient (Wildman–Crippen LogP) is 7.83. The second-order valence-electron chi connectivity index (χ2n) is 8.35. The van der Waals surface area contributed by atoms with Crippen molar-refractivity contribution in [2.24, 2.45) is 0 Å². The van der Waals surface area contributed by atoms with Gasteiger partial charge < -0.3 is 14.2 Å². The van der Waals surface area contributed by atoms with Crippen LogP contribution in [0.5, 0.6) is 0 Å². The molecule has 1 amide bonds. The minimum atomic E-state index is -0.468. The van der Waals surface area contributed by atoms with Gasteiger partial charge in [-0.3, -0.25) is 4.79 Å². The molecule has 0 saturated carbocycles. The van der Waals surface area contributed by atoms with Gasteiger partial charge in [0.15, 0.2) is 5.58 Å². The molecule has 37 heavy (non-hydrogen) atoms. The molecule has 6 rings (SSSR count). The first-order valence-corrected chi connectivity index (χ1v) is 12.0. The number of hydrogen-bond acceptors (Lipinski definition) is 5. The molecule has 0 atom stereocenters. The second-order valence-corrected chi connectivity index (χ2v) is 9.19. The normalized spacial score (nSPS) is 11.2. The number of carbonyl (C=O) groups is 1. The van der Waals surface area contributed by atoms with Gasteiger partial charge in [0.1, 0.15) is 11.1 Å². The minimum absolute atomic E-state index is 0.337. The van der Waals surface area contributed by atoms with Crippen LogP contribution in [-0.2, 0) is 0 Å². The summed E-state index contributed by atoms with van der Waals surface area (Å²) in [6, 6.07) is 26.1. The molecule has 0 unspecified atom stereocenters. The Morgan fingerprint density at radius 3 is 2.51 bits per heavy atom. The molecule has 0 bridgehead atoms. The number of aromatic nitrogens is 1. The molecule has 0 fully saturated rings. The summed E-state index contributed by atoms with van der Waals surface area (Å²) in [4.78, 5) is 30.1. The molecule has 6 aromatic rings. The van der Waals surface area contributed by atoms with Crippen LogP contribution in [0.4, 0.5) is 5.69 Å². The average Bonchev–Trinajstić information content (AvgIpc) is 3.31. The van der Waals surface area contributed by atoms with Crippen LogP contribution in [-0.4, -0.2) is 10.9 Å². The SMILES string of the molecule is O=C(Nc1ccc2oc(-c3ccc(Cl)cc3Cl)nc2c1)c1cccc(-c2cc3ccccc3oc2=O)c1. The van der Waals surface area contributed by atoms with Gasteiger partial charge in [0, 0.05) is 21.7 Å².